The van der Waals surface area contributed by atoms with Crippen LogP contribution in [0.5, 0.6) is 0 Å². The summed E-state index contributed by atoms with van der Waals surface area (Å²) in [5.74, 6) is -1.22. The largest absolute Gasteiger partial charge is 0.420 e. The summed E-state index contributed by atoms with van der Waals surface area (Å²) in [5, 5.41) is 9.16. The lowest BCUT2D eigenvalue weighted by Crippen LogP contribution is -2.53. The van der Waals surface area contributed by atoms with E-state index in [1.165, 1.54) is 0 Å². The molecule has 2 aliphatic rings. The van der Waals surface area contributed by atoms with Gasteiger partial charge in [-0.3, -0.25) is 9.47 Å². The van der Waals surface area contributed by atoms with Gasteiger partial charge in [-0.2, -0.15) is 5.26 Å². The average molecular weight is 432 g/mol. The van der Waals surface area contributed by atoms with Crippen LogP contribution in [0.15, 0.2) is 21.3 Å². The molecule has 1 saturated heterocycles. The number of nitriles is 1. The van der Waals surface area contributed by atoms with Crippen molar-refractivity contribution in [2.24, 2.45) is 0 Å². The van der Waals surface area contributed by atoms with E-state index in [9.17, 15) is 9.18 Å². The van der Waals surface area contributed by atoms with Crippen molar-refractivity contribution in [2.45, 2.75) is 63.1 Å². The Morgan fingerprint density at radius 1 is 1.23 bits per heavy atom. The van der Waals surface area contributed by atoms with Crippen LogP contribution in [0, 0.1) is 17.1 Å². The molecular formula is C23H30FN3O4. The SMILES string of the molecule is COCCO[C@H]1CC[C@](C)(N2CCC(n3c(=O)oc4c(F)cc(C#N)cc43)CC2)CC1. The summed E-state index contributed by atoms with van der Waals surface area (Å²) in [6, 6.07) is 4.54. The van der Waals surface area contributed by atoms with Gasteiger partial charge in [-0.15, -0.1) is 0 Å². The molecule has 2 heterocycles. The first kappa shape index (κ1) is 22.0. The van der Waals surface area contributed by atoms with Gasteiger partial charge in [0.05, 0.1) is 36.5 Å². The molecule has 1 aliphatic heterocycles. The van der Waals surface area contributed by atoms with Crippen LogP contribution in [-0.2, 0) is 9.47 Å². The molecule has 7 nitrogen and oxygen atoms in total. The summed E-state index contributed by atoms with van der Waals surface area (Å²) in [6.45, 7) is 5.34. The average Bonchev–Trinajstić information content (AvgIpc) is 3.12. The Bertz CT molecular complexity index is 1010. The Morgan fingerprint density at radius 3 is 2.58 bits per heavy atom. The highest BCUT2D eigenvalue weighted by atomic mass is 19.1. The van der Waals surface area contributed by atoms with Crippen molar-refractivity contribution in [3.05, 3.63) is 34.1 Å². The Balaban J connectivity index is 1.42. The van der Waals surface area contributed by atoms with Gasteiger partial charge in [0.1, 0.15) is 0 Å². The van der Waals surface area contributed by atoms with Crippen molar-refractivity contribution in [1.29, 1.82) is 5.26 Å². The van der Waals surface area contributed by atoms with Crippen molar-refractivity contribution in [2.75, 3.05) is 33.4 Å². The van der Waals surface area contributed by atoms with Crippen LogP contribution in [-0.4, -0.2) is 54.5 Å². The van der Waals surface area contributed by atoms with Gasteiger partial charge in [0.15, 0.2) is 11.4 Å². The minimum absolute atomic E-state index is 0.0596. The molecule has 0 amide bonds. The zero-order valence-corrected chi connectivity index (χ0v) is 18.2. The molecule has 2 aromatic rings. The van der Waals surface area contributed by atoms with E-state index in [2.05, 4.69) is 11.8 Å². The number of hydrogen-bond acceptors (Lipinski definition) is 6. The molecule has 0 unspecified atom stereocenters. The number of benzene rings is 1. The number of likely N-dealkylation sites (tertiary alicyclic amines) is 1. The first-order valence-electron chi connectivity index (χ1n) is 11.1. The van der Waals surface area contributed by atoms with E-state index in [1.54, 1.807) is 17.7 Å². The third kappa shape index (κ3) is 4.40. The monoisotopic (exact) mass is 431 g/mol. The molecule has 0 N–H and O–H groups in total. The predicted molar refractivity (Wildman–Crippen MR) is 113 cm³/mol. The Kier molecular flexibility index (Phi) is 6.47. The molecule has 0 spiro atoms. The van der Waals surface area contributed by atoms with Crippen LogP contribution < -0.4 is 5.76 Å². The fourth-order valence-corrected chi connectivity index (χ4v) is 5.16. The van der Waals surface area contributed by atoms with Gasteiger partial charge in [-0.25, -0.2) is 9.18 Å². The van der Waals surface area contributed by atoms with E-state index in [0.29, 0.717) is 24.8 Å². The molecule has 1 aromatic carbocycles. The molecule has 31 heavy (non-hydrogen) atoms. The highest BCUT2D eigenvalue weighted by Gasteiger charge is 2.39. The van der Waals surface area contributed by atoms with E-state index in [-0.39, 0.29) is 22.7 Å². The van der Waals surface area contributed by atoms with E-state index >= 15 is 0 Å². The molecular weight excluding hydrogens is 401 g/mol. The lowest BCUT2D eigenvalue weighted by molar-refractivity contribution is -0.0419. The number of rotatable bonds is 6. The van der Waals surface area contributed by atoms with Gasteiger partial charge in [0.25, 0.3) is 0 Å². The molecule has 0 radical (unpaired) electrons. The van der Waals surface area contributed by atoms with Gasteiger partial charge in [-0.05, 0) is 57.6 Å². The highest BCUT2D eigenvalue weighted by Crippen LogP contribution is 2.38. The first-order valence-corrected chi connectivity index (χ1v) is 11.1. The molecule has 2 fully saturated rings. The highest BCUT2D eigenvalue weighted by molar-refractivity contribution is 5.75. The Hall–Kier alpha value is -2.21. The van der Waals surface area contributed by atoms with Crippen LogP contribution in [0.4, 0.5) is 4.39 Å². The number of oxazole rings is 1. The van der Waals surface area contributed by atoms with Gasteiger partial charge in [-0.1, -0.05) is 0 Å². The van der Waals surface area contributed by atoms with Crippen molar-refractivity contribution < 1.29 is 18.3 Å². The number of halogens is 1. The van der Waals surface area contributed by atoms with Crippen molar-refractivity contribution in [1.82, 2.24) is 9.47 Å². The summed E-state index contributed by atoms with van der Waals surface area (Å²) in [4.78, 5) is 15.0. The topological polar surface area (TPSA) is 80.6 Å². The normalized spacial score (nSPS) is 25.7. The second-order valence-electron chi connectivity index (χ2n) is 8.93. The molecule has 0 bridgehead atoms. The van der Waals surface area contributed by atoms with Crippen LogP contribution >= 0.6 is 0 Å². The Morgan fingerprint density at radius 2 is 1.94 bits per heavy atom. The van der Waals surface area contributed by atoms with Crippen LogP contribution in [0.2, 0.25) is 0 Å². The molecule has 4 rings (SSSR count). The van der Waals surface area contributed by atoms with Crippen molar-refractivity contribution >= 4 is 11.1 Å². The number of hydrogen-bond donors (Lipinski definition) is 0. The molecule has 8 heteroatoms. The summed E-state index contributed by atoms with van der Waals surface area (Å²) in [7, 11) is 1.68. The van der Waals surface area contributed by atoms with Crippen LogP contribution in [0.25, 0.3) is 11.1 Å². The maximum Gasteiger partial charge on any atom is 0.420 e. The van der Waals surface area contributed by atoms with E-state index in [0.717, 1.165) is 57.7 Å². The number of aromatic nitrogens is 1. The third-order valence-corrected chi connectivity index (χ3v) is 7.04. The maximum absolute atomic E-state index is 14.3. The smallest absolute Gasteiger partial charge is 0.405 e. The van der Waals surface area contributed by atoms with Crippen molar-refractivity contribution in [3.8, 4) is 6.07 Å². The van der Waals surface area contributed by atoms with E-state index in [4.69, 9.17) is 19.2 Å². The van der Waals surface area contributed by atoms with E-state index < -0.39 is 11.6 Å². The summed E-state index contributed by atoms with van der Waals surface area (Å²) < 4.78 is 32.0. The number of methoxy groups -OCH3 is 1. The molecule has 1 aromatic heterocycles. The zero-order valence-electron chi connectivity index (χ0n) is 18.2. The first-order chi connectivity index (χ1) is 14.9. The number of ether oxygens (including phenoxy) is 2. The minimum atomic E-state index is -0.667. The van der Waals surface area contributed by atoms with E-state index in [1.807, 2.05) is 6.07 Å². The second kappa shape index (κ2) is 9.11. The van der Waals surface area contributed by atoms with Crippen LogP contribution in [0.1, 0.15) is 57.1 Å². The van der Waals surface area contributed by atoms with Gasteiger partial charge in [0, 0.05) is 31.8 Å². The summed E-state index contributed by atoms with van der Waals surface area (Å²) >= 11 is 0. The fraction of sp³-hybridized carbons (Fsp3) is 0.652. The number of piperidine rings is 1. The van der Waals surface area contributed by atoms with Gasteiger partial charge < -0.3 is 13.9 Å². The minimum Gasteiger partial charge on any atom is -0.405 e. The van der Waals surface area contributed by atoms with Crippen LogP contribution in [0.3, 0.4) is 0 Å². The number of nitrogens with zero attached hydrogens (tertiary/aromatic N) is 3. The molecule has 1 aliphatic carbocycles. The maximum atomic E-state index is 14.3. The second-order valence-corrected chi connectivity index (χ2v) is 8.93. The lowest BCUT2D eigenvalue weighted by atomic mass is 9.79. The molecule has 1 saturated carbocycles. The third-order valence-electron chi connectivity index (χ3n) is 7.04. The number of fused-ring (bicyclic) bond motifs is 1. The quantitative estimate of drug-likeness (QED) is 0.650. The lowest BCUT2D eigenvalue weighted by Gasteiger charge is -2.48. The van der Waals surface area contributed by atoms with Gasteiger partial charge >= 0.3 is 5.76 Å². The standard InChI is InChI=1S/C23H30FN3O4/c1-23(7-3-18(4-8-23)30-12-11-29-2)26-9-5-17(6-10-26)27-20-14-16(15-25)13-19(24)21(20)31-22(27)28/h13-14,17-18H,3-12H2,1-2H3/t18-,23-. The Labute approximate surface area is 181 Å². The van der Waals surface area contributed by atoms with Crippen molar-refractivity contribution in [3.63, 3.8) is 0 Å². The summed E-state index contributed by atoms with van der Waals surface area (Å²) in [5.41, 5.74) is 0.634. The molecule has 168 valence electrons. The zero-order chi connectivity index (χ0) is 22.0. The summed E-state index contributed by atoms with van der Waals surface area (Å²) in [6.07, 6.45) is 6.14. The predicted octanol–water partition coefficient (Wildman–Crippen LogP) is 3.61. The van der Waals surface area contributed by atoms with Gasteiger partial charge in [0.2, 0.25) is 0 Å². The molecule has 0 atom stereocenters. The fourth-order valence-electron chi connectivity index (χ4n) is 5.16.